The third kappa shape index (κ3) is 2.31. The second-order valence-corrected chi connectivity index (χ2v) is 5.46. The highest BCUT2D eigenvalue weighted by atomic mass is 16.5. The lowest BCUT2D eigenvalue weighted by Crippen LogP contribution is -2.34. The zero-order valence-electron chi connectivity index (χ0n) is 12.0. The Bertz CT molecular complexity index is 603. The summed E-state index contributed by atoms with van der Waals surface area (Å²) in [6.07, 6.45) is 5.93. The van der Waals surface area contributed by atoms with E-state index in [9.17, 15) is 0 Å². The van der Waals surface area contributed by atoms with Gasteiger partial charge in [0.2, 0.25) is 0 Å². The minimum absolute atomic E-state index is 0.434. The molecule has 0 aromatic carbocycles. The van der Waals surface area contributed by atoms with Gasteiger partial charge in [0.1, 0.15) is 24.2 Å². The van der Waals surface area contributed by atoms with Crippen molar-refractivity contribution in [1.29, 1.82) is 0 Å². The van der Waals surface area contributed by atoms with Crippen molar-refractivity contribution < 1.29 is 4.74 Å². The first kappa shape index (κ1) is 13.2. The summed E-state index contributed by atoms with van der Waals surface area (Å²) < 4.78 is 7.69. The Morgan fingerprint density at radius 2 is 2.15 bits per heavy atom. The number of aryl methyl sites for hydroxylation is 1. The summed E-state index contributed by atoms with van der Waals surface area (Å²) in [7, 11) is 0. The second-order valence-electron chi connectivity index (χ2n) is 5.46. The maximum Gasteiger partial charge on any atom is 0.151 e. The molecule has 1 saturated heterocycles. The average Bonchev–Trinajstić information content (AvgIpc) is 3.05. The van der Waals surface area contributed by atoms with Crippen molar-refractivity contribution in [2.75, 3.05) is 25.4 Å². The van der Waals surface area contributed by atoms with Crippen molar-refractivity contribution in [2.45, 2.75) is 32.7 Å². The van der Waals surface area contributed by atoms with E-state index in [0.29, 0.717) is 18.5 Å². The van der Waals surface area contributed by atoms with E-state index in [-0.39, 0.29) is 0 Å². The maximum absolute atomic E-state index is 5.97. The molecule has 0 bridgehead atoms. The standard InChI is InChI=1S/C14H21N5O/c1-10(18-5-3-4-6-18)8-20-12-7-19-13(11(12)2)14(15)16-9-17-19/h7,9-10H,3-6,8H2,1-2H3,(H2,15,16,17)/t10-/m0/s1. The van der Waals surface area contributed by atoms with Crippen molar-refractivity contribution in [3.05, 3.63) is 18.1 Å². The number of nitrogen functional groups attached to an aromatic ring is 1. The van der Waals surface area contributed by atoms with Gasteiger partial charge in [-0.3, -0.25) is 4.90 Å². The van der Waals surface area contributed by atoms with Crippen LogP contribution in [-0.2, 0) is 0 Å². The van der Waals surface area contributed by atoms with Crippen molar-refractivity contribution in [3.8, 4) is 5.75 Å². The van der Waals surface area contributed by atoms with Gasteiger partial charge in [0.05, 0.1) is 6.20 Å². The van der Waals surface area contributed by atoms with Crippen LogP contribution in [0, 0.1) is 6.92 Å². The molecule has 3 heterocycles. The van der Waals surface area contributed by atoms with E-state index in [1.54, 1.807) is 4.52 Å². The number of likely N-dealkylation sites (tertiary alicyclic amines) is 1. The number of hydrogen-bond acceptors (Lipinski definition) is 5. The Hall–Kier alpha value is -1.82. The Kier molecular flexibility index (Phi) is 3.48. The fraction of sp³-hybridized carbons (Fsp3) is 0.571. The topological polar surface area (TPSA) is 68.7 Å². The van der Waals surface area contributed by atoms with Crippen LogP contribution >= 0.6 is 0 Å². The number of rotatable bonds is 4. The molecule has 108 valence electrons. The lowest BCUT2D eigenvalue weighted by atomic mass is 10.3. The van der Waals surface area contributed by atoms with Gasteiger partial charge in [0, 0.05) is 11.6 Å². The largest absolute Gasteiger partial charge is 0.490 e. The molecule has 6 nitrogen and oxygen atoms in total. The highest BCUT2D eigenvalue weighted by Crippen LogP contribution is 2.27. The van der Waals surface area contributed by atoms with Gasteiger partial charge in [-0.05, 0) is 39.8 Å². The fourth-order valence-corrected chi connectivity index (χ4v) is 2.81. The van der Waals surface area contributed by atoms with Gasteiger partial charge in [-0.15, -0.1) is 0 Å². The van der Waals surface area contributed by atoms with Gasteiger partial charge in [-0.1, -0.05) is 0 Å². The number of nitrogens with zero attached hydrogens (tertiary/aromatic N) is 4. The van der Waals surface area contributed by atoms with Gasteiger partial charge in [0.15, 0.2) is 5.82 Å². The molecule has 0 radical (unpaired) electrons. The van der Waals surface area contributed by atoms with Crippen LogP contribution in [0.5, 0.6) is 5.75 Å². The molecule has 0 saturated carbocycles. The van der Waals surface area contributed by atoms with Crippen LogP contribution < -0.4 is 10.5 Å². The molecule has 1 aliphatic heterocycles. The van der Waals surface area contributed by atoms with E-state index >= 15 is 0 Å². The predicted octanol–water partition coefficient (Wildman–Crippen LogP) is 1.48. The molecule has 0 spiro atoms. The number of aromatic nitrogens is 3. The molecule has 2 N–H and O–H groups in total. The van der Waals surface area contributed by atoms with Crippen LogP contribution in [0.15, 0.2) is 12.5 Å². The molecule has 1 fully saturated rings. The molecule has 6 heteroatoms. The SMILES string of the molecule is Cc1c(OC[C@H](C)N2CCCC2)cn2ncnc(N)c12. The minimum atomic E-state index is 0.434. The number of anilines is 1. The molecule has 2 aromatic heterocycles. The molecular weight excluding hydrogens is 254 g/mol. The first-order valence-corrected chi connectivity index (χ1v) is 7.12. The van der Waals surface area contributed by atoms with Gasteiger partial charge in [-0.25, -0.2) is 9.50 Å². The summed E-state index contributed by atoms with van der Waals surface area (Å²) in [5.74, 6) is 1.32. The lowest BCUT2D eigenvalue weighted by Gasteiger charge is -2.23. The van der Waals surface area contributed by atoms with Gasteiger partial charge >= 0.3 is 0 Å². The summed E-state index contributed by atoms with van der Waals surface area (Å²) >= 11 is 0. The Labute approximate surface area is 118 Å². The average molecular weight is 275 g/mol. The zero-order valence-corrected chi connectivity index (χ0v) is 12.0. The van der Waals surface area contributed by atoms with Crippen molar-refractivity contribution in [2.24, 2.45) is 0 Å². The number of hydrogen-bond donors (Lipinski definition) is 1. The van der Waals surface area contributed by atoms with Crippen molar-refractivity contribution in [3.63, 3.8) is 0 Å². The summed E-state index contributed by atoms with van der Waals surface area (Å²) in [6, 6.07) is 0.434. The zero-order chi connectivity index (χ0) is 14.1. The Balaban J connectivity index is 1.74. The van der Waals surface area contributed by atoms with E-state index in [0.717, 1.165) is 16.8 Å². The van der Waals surface area contributed by atoms with Crippen LogP contribution in [-0.4, -0.2) is 45.2 Å². The molecular formula is C14H21N5O. The van der Waals surface area contributed by atoms with Gasteiger partial charge in [0.25, 0.3) is 0 Å². The molecule has 0 unspecified atom stereocenters. The molecule has 1 atom stereocenters. The first-order valence-electron chi connectivity index (χ1n) is 7.12. The number of nitrogens with two attached hydrogens (primary N) is 1. The van der Waals surface area contributed by atoms with Crippen LogP contribution in [0.2, 0.25) is 0 Å². The molecule has 0 amide bonds. The lowest BCUT2D eigenvalue weighted by molar-refractivity contribution is 0.172. The Morgan fingerprint density at radius 1 is 1.40 bits per heavy atom. The van der Waals surface area contributed by atoms with Crippen molar-refractivity contribution >= 4 is 11.3 Å². The van der Waals surface area contributed by atoms with Crippen LogP contribution in [0.3, 0.4) is 0 Å². The minimum Gasteiger partial charge on any atom is -0.490 e. The summed E-state index contributed by atoms with van der Waals surface area (Å²) in [4.78, 5) is 6.49. The third-order valence-corrected chi connectivity index (χ3v) is 4.05. The maximum atomic E-state index is 5.97. The fourth-order valence-electron chi connectivity index (χ4n) is 2.81. The third-order valence-electron chi connectivity index (χ3n) is 4.05. The molecule has 2 aromatic rings. The monoisotopic (exact) mass is 275 g/mol. The smallest absolute Gasteiger partial charge is 0.151 e. The summed E-state index contributed by atoms with van der Waals surface area (Å²) in [5, 5.41) is 4.16. The summed E-state index contributed by atoms with van der Waals surface area (Å²) in [5.41, 5.74) is 7.72. The van der Waals surface area contributed by atoms with E-state index in [2.05, 4.69) is 21.9 Å². The highest BCUT2D eigenvalue weighted by molar-refractivity contribution is 5.72. The van der Waals surface area contributed by atoms with Crippen LogP contribution in [0.25, 0.3) is 5.52 Å². The second kappa shape index (κ2) is 5.28. The number of ether oxygens (including phenoxy) is 1. The van der Waals surface area contributed by atoms with Crippen LogP contribution in [0.4, 0.5) is 5.82 Å². The summed E-state index contributed by atoms with van der Waals surface area (Å²) in [6.45, 7) is 7.25. The van der Waals surface area contributed by atoms with Gasteiger partial charge in [-0.2, -0.15) is 5.10 Å². The molecule has 20 heavy (non-hydrogen) atoms. The highest BCUT2D eigenvalue weighted by Gasteiger charge is 2.19. The van der Waals surface area contributed by atoms with Gasteiger partial charge < -0.3 is 10.5 Å². The molecule has 1 aliphatic rings. The molecule has 3 rings (SSSR count). The normalized spacial score (nSPS) is 17.7. The first-order chi connectivity index (χ1) is 9.66. The Morgan fingerprint density at radius 3 is 2.85 bits per heavy atom. The van der Waals surface area contributed by atoms with Crippen LogP contribution in [0.1, 0.15) is 25.3 Å². The molecule has 0 aliphatic carbocycles. The van der Waals surface area contributed by atoms with E-state index < -0.39 is 0 Å². The predicted molar refractivity (Wildman–Crippen MR) is 77.9 cm³/mol. The number of fused-ring (bicyclic) bond motifs is 1. The van der Waals surface area contributed by atoms with Crippen molar-refractivity contribution in [1.82, 2.24) is 19.5 Å². The van der Waals surface area contributed by atoms with E-state index in [1.165, 1.54) is 32.3 Å². The van der Waals surface area contributed by atoms with E-state index in [4.69, 9.17) is 10.5 Å². The quantitative estimate of drug-likeness (QED) is 0.915. The van der Waals surface area contributed by atoms with E-state index in [1.807, 2.05) is 13.1 Å².